The maximum Gasteiger partial charge on any atom is 0.416 e. The molecule has 2 rings (SSSR count). The van der Waals surface area contributed by atoms with E-state index >= 15 is 0 Å². The molecule has 0 N–H and O–H groups in total. The Balaban J connectivity index is 1.94. The Morgan fingerprint density at radius 2 is 2.13 bits per heavy atom. The van der Waals surface area contributed by atoms with E-state index in [2.05, 4.69) is 0 Å². The monoisotopic (exact) mass is 225 g/mol. The van der Waals surface area contributed by atoms with Crippen LogP contribution in [0.1, 0.15) is 24.8 Å². The van der Waals surface area contributed by atoms with Crippen molar-refractivity contribution < 1.29 is 9.53 Å². The third-order valence-electron chi connectivity index (χ3n) is 2.61. The van der Waals surface area contributed by atoms with E-state index in [0.717, 1.165) is 36.6 Å². The first-order valence-corrected chi connectivity index (χ1v) is 6.16. The van der Waals surface area contributed by atoms with Crippen molar-refractivity contribution in [2.45, 2.75) is 26.2 Å². The second-order valence-corrected chi connectivity index (χ2v) is 4.69. The predicted octanol–water partition coefficient (Wildman–Crippen LogP) is 3.04. The van der Waals surface area contributed by atoms with Crippen LogP contribution in [0.15, 0.2) is 11.4 Å². The molecule has 1 saturated heterocycles. The minimum absolute atomic E-state index is 0.194. The van der Waals surface area contributed by atoms with Gasteiger partial charge in [0.25, 0.3) is 0 Å². The number of thiophene rings is 1. The molecule has 0 saturated carbocycles. The molecule has 1 amide bonds. The van der Waals surface area contributed by atoms with Gasteiger partial charge in [-0.2, -0.15) is 0 Å². The zero-order valence-electron chi connectivity index (χ0n) is 8.86. The summed E-state index contributed by atoms with van der Waals surface area (Å²) in [6.07, 6.45) is 3.22. The van der Waals surface area contributed by atoms with Gasteiger partial charge in [-0.3, -0.25) is 0 Å². The lowest BCUT2D eigenvalue weighted by Crippen LogP contribution is -2.37. The number of hydrogen-bond acceptors (Lipinski definition) is 3. The summed E-state index contributed by atoms with van der Waals surface area (Å²) in [6, 6.07) is 1.96. The van der Waals surface area contributed by atoms with Crippen LogP contribution in [0.2, 0.25) is 0 Å². The Labute approximate surface area is 93.7 Å². The number of hydrogen-bond donors (Lipinski definition) is 0. The molecule has 1 aromatic rings. The summed E-state index contributed by atoms with van der Waals surface area (Å²) in [6.45, 7) is 3.63. The maximum atomic E-state index is 11.7. The molecule has 3 nitrogen and oxygen atoms in total. The van der Waals surface area contributed by atoms with Gasteiger partial charge in [-0.05, 0) is 37.6 Å². The Bertz CT molecular complexity index is 342. The van der Waals surface area contributed by atoms with Gasteiger partial charge in [0.2, 0.25) is 0 Å². The molecule has 15 heavy (non-hydrogen) atoms. The summed E-state index contributed by atoms with van der Waals surface area (Å²) in [5.74, 6) is 0. The summed E-state index contributed by atoms with van der Waals surface area (Å²) in [5, 5.41) is 2.67. The number of nitrogens with zero attached hydrogens (tertiary/aromatic N) is 1. The number of carbonyl (C=O) groups excluding carboxylic acids is 1. The number of piperidine rings is 1. The largest absolute Gasteiger partial charge is 0.416 e. The number of likely N-dealkylation sites (tertiary alicyclic amines) is 1. The van der Waals surface area contributed by atoms with Crippen LogP contribution in [-0.4, -0.2) is 24.1 Å². The Kier molecular flexibility index (Phi) is 3.26. The van der Waals surface area contributed by atoms with Gasteiger partial charge in [-0.1, -0.05) is 0 Å². The van der Waals surface area contributed by atoms with E-state index in [1.807, 2.05) is 18.4 Å². The lowest BCUT2D eigenvalue weighted by atomic mass is 10.1. The van der Waals surface area contributed by atoms with E-state index in [9.17, 15) is 4.79 Å². The highest BCUT2D eigenvalue weighted by Gasteiger charge is 2.19. The van der Waals surface area contributed by atoms with E-state index in [1.54, 1.807) is 4.90 Å². The zero-order chi connectivity index (χ0) is 10.7. The average Bonchev–Trinajstić information content (AvgIpc) is 2.66. The van der Waals surface area contributed by atoms with E-state index in [0.29, 0.717) is 0 Å². The number of amides is 1. The van der Waals surface area contributed by atoms with Crippen molar-refractivity contribution in [3.8, 4) is 5.06 Å². The number of carbonyl (C=O) groups is 1. The molecule has 0 aromatic carbocycles. The van der Waals surface area contributed by atoms with Crippen molar-refractivity contribution in [1.82, 2.24) is 4.90 Å². The van der Waals surface area contributed by atoms with E-state index < -0.39 is 0 Å². The molecular formula is C11H15NO2S. The highest BCUT2D eigenvalue weighted by molar-refractivity contribution is 7.12. The molecule has 0 radical (unpaired) electrons. The van der Waals surface area contributed by atoms with Crippen LogP contribution < -0.4 is 4.74 Å². The smallest absolute Gasteiger partial charge is 0.399 e. The first-order chi connectivity index (χ1) is 7.27. The molecule has 1 aliphatic heterocycles. The highest BCUT2D eigenvalue weighted by Crippen LogP contribution is 2.25. The lowest BCUT2D eigenvalue weighted by molar-refractivity contribution is 0.143. The van der Waals surface area contributed by atoms with Crippen molar-refractivity contribution in [1.29, 1.82) is 0 Å². The number of ether oxygens (including phenoxy) is 1. The minimum atomic E-state index is -0.194. The van der Waals surface area contributed by atoms with Crippen LogP contribution in [0.4, 0.5) is 4.79 Å². The van der Waals surface area contributed by atoms with Gasteiger partial charge in [0.05, 0.1) is 0 Å². The molecule has 1 aliphatic rings. The van der Waals surface area contributed by atoms with Crippen LogP contribution in [0.5, 0.6) is 5.06 Å². The quantitative estimate of drug-likeness (QED) is 0.735. The summed E-state index contributed by atoms with van der Waals surface area (Å²) in [7, 11) is 0. The standard InChI is InChI=1S/C11H15NO2S/c1-9-5-8-15-10(9)14-11(13)12-6-3-2-4-7-12/h5,8H,2-4,6-7H2,1H3. The molecular weight excluding hydrogens is 210 g/mol. The van der Waals surface area contributed by atoms with Crippen LogP contribution >= 0.6 is 11.3 Å². The number of aryl methyl sites for hydroxylation is 1. The summed E-state index contributed by atoms with van der Waals surface area (Å²) >= 11 is 1.47. The number of rotatable bonds is 1. The molecule has 0 bridgehead atoms. The van der Waals surface area contributed by atoms with Gasteiger partial charge in [0, 0.05) is 18.7 Å². The highest BCUT2D eigenvalue weighted by atomic mass is 32.1. The summed E-state index contributed by atoms with van der Waals surface area (Å²) in [4.78, 5) is 13.5. The average molecular weight is 225 g/mol. The SMILES string of the molecule is Cc1ccsc1OC(=O)N1CCCCC1. The molecule has 0 spiro atoms. The first kappa shape index (κ1) is 10.5. The van der Waals surface area contributed by atoms with Crippen LogP contribution in [0.3, 0.4) is 0 Å². The molecule has 0 atom stereocenters. The second kappa shape index (κ2) is 4.66. The van der Waals surface area contributed by atoms with Gasteiger partial charge in [0.1, 0.15) is 0 Å². The van der Waals surface area contributed by atoms with Gasteiger partial charge < -0.3 is 9.64 Å². The van der Waals surface area contributed by atoms with Gasteiger partial charge in [-0.15, -0.1) is 11.3 Å². The summed E-state index contributed by atoms with van der Waals surface area (Å²) in [5.41, 5.74) is 1.03. The molecule has 82 valence electrons. The minimum Gasteiger partial charge on any atom is -0.399 e. The normalized spacial score (nSPS) is 16.5. The van der Waals surface area contributed by atoms with Crippen LogP contribution in [0, 0.1) is 6.92 Å². The summed E-state index contributed by atoms with van der Waals surface area (Å²) < 4.78 is 5.33. The fourth-order valence-corrected chi connectivity index (χ4v) is 2.45. The third kappa shape index (κ3) is 2.50. The van der Waals surface area contributed by atoms with Crippen LogP contribution in [0.25, 0.3) is 0 Å². The van der Waals surface area contributed by atoms with Gasteiger partial charge in [-0.25, -0.2) is 4.79 Å². The maximum absolute atomic E-state index is 11.7. The molecule has 0 unspecified atom stereocenters. The van der Waals surface area contributed by atoms with Gasteiger partial charge in [0.15, 0.2) is 5.06 Å². The molecule has 4 heteroatoms. The topological polar surface area (TPSA) is 29.5 Å². The first-order valence-electron chi connectivity index (χ1n) is 5.28. The van der Waals surface area contributed by atoms with E-state index in [4.69, 9.17) is 4.74 Å². The fraction of sp³-hybridized carbons (Fsp3) is 0.545. The predicted molar refractivity (Wildman–Crippen MR) is 60.5 cm³/mol. The van der Waals surface area contributed by atoms with Crippen molar-refractivity contribution in [2.75, 3.05) is 13.1 Å². The van der Waals surface area contributed by atoms with E-state index in [1.165, 1.54) is 17.8 Å². The van der Waals surface area contributed by atoms with Crippen LogP contribution in [-0.2, 0) is 0 Å². The molecule has 2 heterocycles. The Hall–Kier alpha value is -1.03. The van der Waals surface area contributed by atoms with Crippen molar-refractivity contribution in [2.24, 2.45) is 0 Å². The second-order valence-electron chi connectivity index (χ2n) is 3.81. The Morgan fingerprint density at radius 3 is 2.73 bits per heavy atom. The Morgan fingerprint density at radius 1 is 1.40 bits per heavy atom. The van der Waals surface area contributed by atoms with Crippen molar-refractivity contribution in [3.63, 3.8) is 0 Å². The third-order valence-corrected chi connectivity index (χ3v) is 3.50. The van der Waals surface area contributed by atoms with Crippen molar-refractivity contribution in [3.05, 3.63) is 17.0 Å². The zero-order valence-corrected chi connectivity index (χ0v) is 9.68. The molecule has 1 fully saturated rings. The lowest BCUT2D eigenvalue weighted by Gasteiger charge is -2.25. The molecule has 1 aromatic heterocycles. The van der Waals surface area contributed by atoms with Crippen molar-refractivity contribution >= 4 is 17.4 Å². The van der Waals surface area contributed by atoms with E-state index in [-0.39, 0.29) is 6.09 Å². The van der Waals surface area contributed by atoms with Gasteiger partial charge >= 0.3 is 6.09 Å². The molecule has 0 aliphatic carbocycles. The fourth-order valence-electron chi connectivity index (χ4n) is 1.68.